The van der Waals surface area contributed by atoms with Gasteiger partial charge in [0.2, 0.25) is 11.4 Å². The van der Waals surface area contributed by atoms with Gasteiger partial charge in [0, 0.05) is 40.6 Å². The molecule has 0 saturated heterocycles. The Hall–Kier alpha value is -2.54. The Bertz CT molecular complexity index is 961. The number of aliphatic hydroxyl groups is 1. The minimum atomic E-state index is -1.61. The number of nitrogens with zero attached hydrogens (tertiary/aromatic N) is 1. The average molecular weight is 450 g/mol. The Morgan fingerprint density at radius 1 is 1.27 bits per heavy atom. The first-order valence-corrected chi connectivity index (χ1v) is 10.1. The number of carboxylic acids is 1. The number of aliphatic imine (C=N–C) groups is 1. The maximum absolute atomic E-state index is 12.3. The molecule has 1 heterocycles. The molecule has 30 heavy (non-hydrogen) atoms. The van der Waals surface area contributed by atoms with Gasteiger partial charge in [-0.25, -0.2) is 9.79 Å². The maximum atomic E-state index is 12.3. The molecule has 158 valence electrons. The van der Waals surface area contributed by atoms with Gasteiger partial charge in [0.05, 0.1) is 6.61 Å². The van der Waals surface area contributed by atoms with Crippen LogP contribution < -0.4 is 4.74 Å². The Morgan fingerprint density at radius 2 is 2.00 bits per heavy atom. The fourth-order valence-corrected chi connectivity index (χ4v) is 3.72. The van der Waals surface area contributed by atoms with E-state index < -0.39 is 17.6 Å². The topological polar surface area (TPSA) is 88.4 Å². The molecule has 0 fully saturated rings. The molecule has 0 unspecified atom stereocenters. The standard InChI is InChI=1S/C22H21Cl2NO5/c1-2-10-22(21(27)28)19(17-9-6-15(23)13-18(17)24)30-20(25-22)14-4-7-16(8-5-14)29-12-3-11-26/h2,4-9,13,19,26H,1,3,10-12H2,(H,27,28)/t19-,22-/m1/s1. The maximum Gasteiger partial charge on any atom is 0.336 e. The van der Waals surface area contributed by atoms with Crippen molar-refractivity contribution < 1.29 is 24.5 Å². The van der Waals surface area contributed by atoms with Crippen LogP contribution in [-0.2, 0) is 9.53 Å². The number of hydrogen-bond donors (Lipinski definition) is 2. The second kappa shape index (κ2) is 9.51. The Balaban J connectivity index is 1.96. The number of carbonyl (C=O) groups is 1. The number of carboxylic acid groups (broad SMARTS) is 1. The van der Waals surface area contributed by atoms with Gasteiger partial charge >= 0.3 is 5.97 Å². The highest BCUT2D eigenvalue weighted by molar-refractivity contribution is 6.35. The van der Waals surface area contributed by atoms with E-state index in [1.54, 1.807) is 42.5 Å². The molecule has 0 spiro atoms. The van der Waals surface area contributed by atoms with Crippen LogP contribution in [0.3, 0.4) is 0 Å². The second-order valence-electron chi connectivity index (χ2n) is 6.75. The number of ether oxygens (including phenoxy) is 2. The average Bonchev–Trinajstić information content (AvgIpc) is 3.10. The van der Waals surface area contributed by atoms with Crippen molar-refractivity contribution in [1.82, 2.24) is 0 Å². The highest BCUT2D eigenvalue weighted by Gasteiger charge is 2.53. The number of halogens is 2. The lowest BCUT2D eigenvalue weighted by atomic mass is 9.85. The molecule has 2 N–H and O–H groups in total. The minimum Gasteiger partial charge on any atom is -0.494 e. The van der Waals surface area contributed by atoms with Crippen molar-refractivity contribution in [3.63, 3.8) is 0 Å². The van der Waals surface area contributed by atoms with Crippen LogP contribution in [0.25, 0.3) is 0 Å². The molecule has 2 aromatic carbocycles. The van der Waals surface area contributed by atoms with Crippen LogP contribution in [0.5, 0.6) is 5.75 Å². The van der Waals surface area contributed by atoms with E-state index in [9.17, 15) is 9.90 Å². The van der Waals surface area contributed by atoms with Crippen LogP contribution in [0, 0.1) is 0 Å². The van der Waals surface area contributed by atoms with Crippen molar-refractivity contribution in [2.75, 3.05) is 13.2 Å². The zero-order valence-corrected chi connectivity index (χ0v) is 17.6. The van der Waals surface area contributed by atoms with E-state index >= 15 is 0 Å². The summed E-state index contributed by atoms with van der Waals surface area (Å²) in [6.07, 6.45) is 1.13. The molecular formula is C22H21Cl2NO5. The van der Waals surface area contributed by atoms with Gasteiger partial charge in [-0.05, 0) is 36.4 Å². The fraction of sp³-hybridized carbons (Fsp3) is 0.273. The lowest BCUT2D eigenvalue weighted by Crippen LogP contribution is -2.40. The van der Waals surface area contributed by atoms with E-state index in [2.05, 4.69) is 11.6 Å². The van der Waals surface area contributed by atoms with Gasteiger partial charge in [0.25, 0.3) is 0 Å². The summed E-state index contributed by atoms with van der Waals surface area (Å²) in [5, 5.41) is 19.6. The summed E-state index contributed by atoms with van der Waals surface area (Å²) in [6.45, 7) is 4.13. The minimum absolute atomic E-state index is 0.0534. The molecule has 0 bridgehead atoms. The molecule has 2 aromatic rings. The number of benzene rings is 2. The molecule has 6 nitrogen and oxygen atoms in total. The van der Waals surface area contributed by atoms with Crippen LogP contribution in [0.1, 0.15) is 30.1 Å². The highest BCUT2D eigenvalue weighted by Crippen LogP contribution is 2.45. The van der Waals surface area contributed by atoms with Crippen LogP contribution in [0.2, 0.25) is 10.0 Å². The summed E-state index contributed by atoms with van der Waals surface area (Å²) in [5.41, 5.74) is -0.523. The van der Waals surface area contributed by atoms with Crippen LogP contribution >= 0.6 is 23.2 Å². The summed E-state index contributed by atoms with van der Waals surface area (Å²) in [7, 11) is 0. The van der Waals surface area contributed by atoms with Crippen molar-refractivity contribution in [2.45, 2.75) is 24.5 Å². The van der Waals surface area contributed by atoms with E-state index in [4.69, 9.17) is 37.8 Å². The van der Waals surface area contributed by atoms with E-state index in [-0.39, 0.29) is 18.9 Å². The van der Waals surface area contributed by atoms with Crippen molar-refractivity contribution in [3.8, 4) is 5.75 Å². The van der Waals surface area contributed by atoms with E-state index in [1.807, 2.05) is 0 Å². The molecular weight excluding hydrogens is 429 g/mol. The molecule has 1 aliphatic heterocycles. The van der Waals surface area contributed by atoms with E-state index in [0.29, 0.717) is 39.9 Å². The number of hydrogen-bond acceptors (Lipinski definition) is 5. The van der Waals surface area contributed by atoms with Gasteiger partial charge in [0.1, 0.15) is 5.75 Å². The lowest BCUT2D eigenvalue weighted by Gasteiger charge is -2.27. The molecule has 0 aromatic heterocycles. The van der Waals surface area contributed by atoms with Crippen LogP contribution in [0.15, 0.2) is 60.1 Å². The molecule has 0 saturated carbocycles. The SMILES string of the molecule is C=CC[C@@]1(C(=O)O)N=C(c2ccc(OCCCO)cc2)O[C@@H]1c1ccc(Cl)cc1Cl. The van der Waals surface area contributed by atoms with Gasteiger partial charge in [0.15, 0.2) is 6.10 Å². The Labute approximate surface area is 184 Å². The van der Waals surface area contributed by atoms with Crippen molar-refractivity contribution >= 4 is 35.1 Å². The van der Waals surface area contributed by atoms with Crippen molar-refractivity contribution in [3.05, 3.63) is 76.3 Å². The molecule has 0 aliphatic carbocycles. The van der Waals surface area contributed by atoms with Gasteiger partial charge in [-0.2, -0.15) is 0 Å². The van der Waals surface area contributed by atoms with Gasteiger partial charge in [-0.1, -0.05) is 35.3 Å². The zero-order valence-electron chi connectivity index (χ0n) is 16.1. The molecule has 0 amide bonds. The number of aliphatic carboxylic acids is 1. The van der Waals surface area contributed by atoms with Crippen molar-refractivity contribution in [1.29, 1.82) is 0 Å². The second-order valence-corrected chi connectivity index (χ2v) is 7.60. The smallest absolute Gasteiger partial charge is 0.336 e. The third-order valence-electron chi connectivity index (χ3n) is 4.71. The predicted octanol–water partition coefficient (Wildman–Crippen LogP) is 4.67. The van der Waals surface area contributed by atoms with Gasteiger partial charge < -0.3 is 19.7 Å². The predicted molar refractivity (Wildman–Crippen MR) is 116 cm³/mol. The summed E-state index contributed by atoms with van der Waals surface area (Å²) in [4.78, 5) is 16.8. The molecule has 2 atom stereocenters. The first-order chi connectivity index (χ1) is 14.4. The molecule has 8 heteroatoms. The largest absolute Gasteiger partial charge is 0.494 e. The normalized spacial score (nSPS) is 20.4. The van der Waals surface area contributed by atoms with Gasteiger partial charge in [-0.3, -0.25) is 0 Å². The van der Waals surface area contributed by atoms with E-state index in [1.165, 1.54) is 6.08 Å². The number of aliphatic hydroxyl groups excluding tert-OH is 1. The van der Waals surface area contributed by atoms with E-state index in [0.717, 1.165) is 0 Å². The van der Waals surface area contributed by atoms with Crippen molar-refractivity contribution in [2.24, 2.45) is 4.99 Å². The molecule has 0 radical (unpaired) electrons. The Morgan fingerprint density at radius 3 is 2.60 bits per heavy atom. The first kappa shape index (κ1) is 22.2. The summed E-state index contributed by atoms with van der Waals surface area (Å²) >= 11 is 12.3. The molecule has 1 aliphatic rings. The third-order valence-corrected chi connectivity index (χ3v) is 5.27. The summed E-state index contributed by atoms with van der Waals surface area (Å²) < 4.78 is 11.6. The lowest BCUT2D eigenvalue weighted by molar-refractivity contribution is -0.146. The third kappa shape index (κ3) is 4.46. The van der Waals surface area contributed by atoms with Crippen LogP contribution in [0.4, 0.5) is 0 Å². The highest BCUT2D eigenvalue weighted by atomic mass is 35.5. The van der Waals surface area contributed by atoms with Gasteiger partial charge in [-0.15, -0.1) is 6.58 Å². The zero-order chi connectivity index (χ0) is 21.7. The van der Waals surface area contributed by atoms with Crippen LogP contribution in [-0.4, -0.2) is 40.8 Å². The quantitative estimate of drug-likeness (QED) is 0.428. The molecule has 3 rings (SSSR count). The summed E-state index contributed by atoms with van der Waals surface area (Å²) in [6, 6.07) is 11.8. The first-order valence-electron chi connectivity index (χ1n) is 9.31. The monoisotopic (exact) mass is 449 g/mol. The summed E-state index contributed by atoms with van der Waals surface area (Å²) in [5.74, 6) is -0.326. The number of rotatable bonds is 9. The Kier molecular flexibility index (Phi) is 7.02. The fourth-order valence-electron chi connectivity index (χ4n) is 3.21.